The van der Waals surface area contributed by atoms with E-state index in [4.69, 9.17) is 5.73 Å². The SMILES string of the molecule is CN(C=O)N(Cc1ccc(C(F)(F)F)cn1)C(=O)c1ccc2nc(N)c3cnn(C)c3c2c1.FC1CC1. The van der Waals surface area contributed by atoms with E-state index in [2.05, 4.69) is 15.1 Å². The largest absolute Gasteiger partial charge is 0.417 e. The van der Waals surface area contributed by atoms with E-state index in [1.54, 1.807) is 30.1 Å². The topological polar surface area (TPSA) is 110 Å². The Morgan fingerprint density at radius 3 is 2.46 bits per heavy atom. The quantitative estimate of drug-likeness (QED) is 0.244. The minimum Gasteiger partial charge on any atom is -0.383 e. The number of hydrogen-bond donors (Lipinski definition) is 1. The summed E-state index contributed by atoms with van der Waals surface area (Å²) in [5.41, 5.74) is 6.74. The molecule has 2 amide bonds. The second kappa shape index (κ2) is 9.99. The maximum absolute atomic E-state index is 13.3. The van der Waals surface area contributed by atoms with Crippen LogP contribution in [0.2, 0.25) is 0 Å². The zero-order valence-electron chi connectivity index (χ0n) is 19.9. The summed E-state index contributed by atoms with van der Waals surface area (Å²) in [7, 11) is 3.09. The van der Waals surface area contributed by atoms with Crippen LogP contribution in [0.4, 0.5) is 23.4 Å². The Bertz CT molecular complexity index is 1450. The molecule has 194 valence electrons. The lowest BCUT2D eigenvalue weighted by Gasteiger charge is -2.28. The Balaban J connectivity index is 0.000000730. The molecule has 0 spiro atoms. The molecule has 1 saturated carbocycles. The fraction of sp³-hybridized carbons (Fsp3) is 0.292. The molecule has 0 atom stereocenters. The molecular weight excluding hydrogens is 494 g/mol. The maximum atomic E-state index is 13.3. The number of hydrogen-bond acceptors (Lipinski definition) is 6. The van der Waals surface area contributed by atoms with Crippen LogP contribution in [-0.4, -0.2) is 55.3 Å². The second-order valence-corrected chi connectivity index (χ2v) is 8.51. The fourth-order valence-electron chi connectivity index (χ4n) is 3.53. The molecular formula is C24H23F4N7O2. The Labute approximate surface area is 208 Å². The van der Waals surface area contributed by atoms with Gasteiger partial charge in [-0.05, 0) is 43.2 Å². The highest BCUT2D eigenvalue weighted by atomic mass is 19.4. The first-order chi connectivity index (χ1) is 17.5. The molecule has 9 nitrogen and oxygen atoms in total. The van der Waals surface area contributed by atoms with E-state index >= 15 is 0 Å². The number of hydrazine groups is 1. The normalized spacial score (nSPS) is 13.2. The predicted octanol–water partition coefficient (Wildman–Crippen LogP) is 3.88. The molecule has 2 N–H and O–H groups in total. The lowest BCUT2D eigenvalue weighted by molar-refractivity contribution is -0.137. The van der Waals surface area contributed by atoms with Crippen molar-refractivity contribution in [1.82, 2.24) is 29.8 Å². The summed E-state index contributed by atoms with van der Waals surface area (Å²) in [4.78, 5) is 32.8. The van der Waals surface area contributed by atoms with E-state index in [9.17, 15) is 27.2 Å². The first-order valence-electron chi connectivity index (χ1n) is 11.2. The number of nitrogen functional groups attached to an aromatic ring is 1. The van der Waals surface area contributed by atoms with E-state index in [0.717, 1.165) is 35.0 Å². The lowest BCUT2D eigenvalue weighted by atomic mass is 10.1. The zero-order chi connectivity index (χ0) is 26.9. The Morgan fingerprint density at radius 2 is 1.89 bits per heavy atom. The number of halogens is 4. The summed E-state index contributed by atoms with van der Waals surface area (Å²) in [5.74, 6) is -0.249. The average molecular weight is 517 g/mol. The first kappa shape index (κ1) is 25.8. The lowest BCUT2D eigenvalue weighted by Crippen LogP contribution is -2.43. The smallest absolute Gasteiger partial charge is 0.383 e. The van der Waals surface area contributed by atoms with Crippen LogP contribution in [0.3, 0.4) is 0 Å². The van der Waals surface area contributed by atoms with Gasteiger partial charge < -0.3 is 5.73 Å². The minimum absolute atomic E-state index is 0.175. The number of carbonyl (C=O) groups excluding carboxylic acids is 2. The second-order valence-electron chi connectivity index (χ2n) is 8.51. The van der Waals surface area contributed by atoms with Crippen LogP contribution < -0.4 is 5.73 Å². The van der Waals surface area contributed by atoms with Gasteiger partial charge in [0.1, 0.15) is 12.0 Å². The van der Waals surface area contributed by atoms with Gasteiger partial charge in [0.05, 0.1) is 40.4 Å². The monoisotopic (exact) mass is 517 g/mol. The number of pyridine rings is 2. The van der Waals surface area contributed by atoms with Crippen molar-refractivity contribution in [1.29, 1.82) is 0 Å². The van der Waals surface area contributed by atoms with Gasteiger partial charge in [0.15, 0.2) is 0 Å². The van der Waals surface area contributed by atoms with Gasteiger partial charge in [-0.1, -0.05) is 0 Å². The van der Waals surface area contributed by atoms with Crippen molar-refractivity contribution in [3.05, 3.63) is 59.5 Å². The van der Waals surface area contributed by atoms with Crippen LogP contribution in [0.15, 0.2) is 42.7 Å². The number of fused-ring (bicyclic) bond motifs is 3. The van der Waals surface area contributed by atoms with Crippen molar-refractivity contribution in [3.8, 4) is 0 Å². The molecule has 5 rings (SSSR count). The van der Waals surface area contributed by atoms with Crippen molar-refractivity contribution in [2.75, 3.05) is 12.8 Å². The molecule has 0 unspecified atom stereocenters. The third-order valence-corrected chi connectivity index (χ3v) is 5.69. The van der Waals surface area contributed by atoms with Crippen LogP contribution in [0.5, 0.6) is 0 Å². The summed E-state index contributed by atoms with van der Waals surface area (Å²) in [6.45, 7) is -0.217. The van der Waals surface area contributed by atoms with Gasteiger partial charge in [-0.3, -0.25) is 24.3 Å². The highest BCUT2D eigenvalue weighted by Crippen LogP contribution is 2.30. The molecule has 1 aromatic carbocycles. The average Bonchev–Trinajstić information content (AvgIpc) is 3.55. The summed E-state index contributed by atoms with van der Waals surface area (Å²) < 4.78 is 51.1. The van der Waals surface area contributed by atoms with Crippen molar-refractivity contribution >= 4 is 39.9 Å². The molecule has 0 radical (unpaired) electrons. The molecule has 0 saturated heterocycles. The first-order valence-corrected chi connectivity index (χ1v) is 11.2. The minimum atomic E-state index is -4.53. The molecule has 0 bridgehead atoms. The number of alkyl halides is 4. The third-order valence-electron chi connectivity index (χ3n) is 5.69. The maximum Gasteiger partial charge on any atom is 0.417 e. The molecule has 1 aliphatic rings. The van der Waals surface area contributed by atoms with Crippen LogP contribution in [0, 0.1) is 0 Å². The molecule has 3 heterocycles. The van der Waals surface area contributed by atoms with E-state index in [1.165, 1.54) is 13.1 Å². The summed E-state index contributed by atoms with van der Waals surface area (Å²) in [6.07, 6.45) is -0.622. The van der Waals surface area contributed by atoms with Gasteiger partial charge in [0, 0.05) is 31.2 Å². The van der Waals surface area contributed by atoms with Gasteiger partial charge in [-0.25, -0.2) is 14.4 Å². The number of rotatable bonds is 5. The third kappa shape index (κ3) is 5.60. The van der Waals surface area contributed by atoms with Crippen molar-refractivity contribution in [3.63, 3.8) is 0 Å². The Kier molecular flexibility index (Phi) is 6.96. The number of aryl methyl sites for hydroxylation is 1. The van der Waals surface area contributed by atoms with Gasteiger partial charge in [-0.2, -0.15) is 18.3 Å². The summed E-state index contributed by atoms with van der Waals surface area (Å²) >= 11 is 0. The number of nitrogens with two attached hydrogens (primary N) is 1. The van der Waals surface area contributed by atoms with E-state index < -0.39 is 23.8 Å². The van der Waals surface area contributed by atoms with Gasteiger partial charge in [-0.15, -0.1) is 0 Å². The highest BCUT2D eigenvalue weighted by molar-refractivity contribution is 6.10. The van der Waals surface area contributed by atoms with E-state index in [0.29, 0.717) is 40.2 Å². The highest BCUT2D eigenvalue weighted by Gasteiger charge is 2.31. The molecule has 4 aromatic rings. The molecule has 1 aliphatic carbocycles. The standard InChI is InChI=1S/C21H18F3N7O2.C3H5F/c1-29(11-32)31(10-14-5-4-13(8-26-14)21(22,23)24)20(33)12-3-6-17-15(7-12)18-16(19(25)28-17)9-27-30(18)2;4-3-1-2-3/h3-9,11H,10H2,1-2H3,(H2,25,28);3H,1-2H2. The number of amides is 2. The van der Waals surface area contributed by atoms with E-state index in [1.807, 2.05) is 0 Å². The van der Waals surface area contributed by atoms with Crippen LogP contribution in [0.25, 0.3) is 21.8 Å². The zero-order valence-corrected chi connectivity index (χ0v) is 19.9. The molecule has 37 heavy (non-hydrogen) atoms. The summed E-state index contributed by atoms with van der Waals surface area (Å²) in [6, 6.07) is 6.80. The number of anilines is 1. The molecule has 1 fully saturated rings. The molecule has 3 aromatic heterocycles. The van der Waals surface area contributed by atoms with Crippen molar-refractivity contribution in [2.24, 2.45) is 7.05 Å². The van der Waals surface area contributed by atoms with Crippen LogP contribution in [0.1, 0.15) is 34.5 Å². The van der Waals surface area contributed by atoms with E-state index in [-0.39, 0.29) is 17.8 Å². The van der Waals surface area contributed by atoms with Gasteiger partial charge in [0.25, 0.3) is 5.91 Å². The fourth-order valence-corrected chi connectivity index (χ4v) is 3.53. The molecule has 0 aliphatic heterocycles. The Hall–Kier alpha value is -4.29. The number of carbonyl (C=O) groups is 2. The summed E-state index contributed by atoms with van der Waals surface area (Å²) in [5, 5.41) is 7.54. The number of aromatic nitrogens is 4. The van der Waals surface area contributed by atoms with Crippen molar-refractivity contribution < 1.29 is 27.2 Å². The Morgan fingerprint density at radius 1 is 1.19 bits per heavy atom. The number of nitrogens with zero attached hydrogens (tertiary/aromatic N) is 6. The molecule has 13 heteroatoms. The van der Waals surface area contributed by atoms with Crippen molar-refractivity contribution in [2.45, 2.75) is 31.7 Å². The van der Waals surface area contributed by atoms with Crippen LogP contribution in [-0.2, 0) is 24.6 Å². The number of benzene rings is 1. The van der Waals surface area contributed by atoms with Gasteiger partial charge in [0.2, 0.25) is 6.41 Å². The van der Waals surface area contributed by atoms with Gasteiger partial charge >= 0.3 is 6.18 Å². The van der Waals surface area contributed by atoms with Crippen LogP contribution >= 0.6 is 0 Å². The predicted molar refractivity (Wildman–Crippen MR) is 127 cm³/mol.